The molecule has 4 rings (SSSR count). The van der Waals surface area contributed by atoms with Crippen LogP contribution < -0.4 is 4.90 Å². The van der Waals surface area contributed by atoms with Crippen molar-refractivity contribution in [3.63, 3.8) is 0 Å². The molecule has 1 unspecified atom stereocenters. The minimum absolute atomic E-state index is 0.0425. The van der Waals surface area contributed by atoms with Gasteiger partial charge in [-0.25, -0.2) is 18.4 Å². The van der Waals surface area contributed by atoms with Gasteiger partial charge in [-0.2, -0.15) is 0 Å². The largest absolute Gasteiger partial charge is 0.356 e. The Morgan fingerprint density at radius 3 is 2.61 bits per heavy atom. The van der Waals surface area contributed by atoms with Crippen LogP contribution in [0.25, 0.3) is 10.2 Å². The van der Waals surface area contributed by atoms with E-state index in [0.717, 1.165) is 54.8 Å². The zero-order valence-corrected chi connectivity index (χ0v) is 20.3. The predicted molar refractivity (Wildman–Crippen MR) is 126 cm³/mol. The van der Waals surface area contributed by atoms with Crippen molar-refractivity contribution < 1.29 is 13.2 Å². The van der Waals surface area contributed by atoms with Crippen molar-refractivity contribution in [2.45, 2.75) is 58.9 Å². The van der Waals surface area contributed by atoms with E-state index in [-0.39, 0.29) is 29.4 Å². The highest BCUT2D eigenvalue weighted by Gasteiger charge is 2.37. The molecular formula is C22H32N4O3S2. The molecular weight excluding hydrogens is 432 g/mol. The fourth-order valence-corrected chi connectivity index (χ4v) is 7.52. The van der Waals surface area contributed by atoms with Gasteiger partial charge in [0.2, 0.25) is 5.91 Å². The molecule has 2 aromatic rings. The summed E-state index contributed by atoms with van der Waals surface area (Å²) in [6.07, 6.45) is 5.66. The lowest BCUT2D eigenvalue weighted by molar-refractivity contribution is -0.138. The van der Waals surface area contributed by atoms with Crippen molar-refractivity contribution in [3.05, 3.63) is 16.8 Å². The second-order valence-electron chi connectivity index (χ2n) is 8.86. The highest BCUT2D eigenvalue weighted by atomic mass is 32.2. The standard InChI is InChI=1S/C22H32N4O3S2/c1-4-5-9-26(18-8-12-31(28,29)13-18)22(27)17-6-10-25(11-7-17)20-19-15(2)16(3)30-21(19)24-14-23-20/h14,17-18H,4-13H2,1-3H3. The number of sulfone groups is 1. The third-order valence-electron chi connectivity index (χ3n) is 6.77. The maximum Gasteiger partial charge on any atom is 0.226 e. The molecule has 0 spiro atoms. The van der Waals surface area contributed by atoms with E-state index in [2.05, 4.69) is 35.6 Å². The van der Waals surface area contributed by atoms with Crippen LogP contribution in [-0.4, -0.2) is 66.4 Å². The number of anilines is 1. The molecule has 2 aliphatic heterocycles. The molecule has 0 N–H and O–H groups in total. The lowest BCUT2D eigenvalue weighted by Gasteiger charge is -2.37. The van der Waals surface area contributed by atoms with Gasteiger partial charge in [0.1, 0.15) is 17.0 Å². The summed E-state index contributed by atoms with van der Waals surface area (Å²) in [4.78, 5) is 28.9. The molecule has 1 amide bonds. The number of hydrogen-bond acceptors (Lipinski definition) is 7. The van der Waals surface area contributed by atoms with Gasteiger partial charge in [0, 0.05) is 36.5 Å². The normalized spacial score (nSPS) is 21.6. The summed E-state index contributed by atoms with van der Waals surface area (Å²) in [6.45, 7) is 8.56. The molecule has 0 aromatic carbocycles. The quantitative estimate of drug-likeness (QED) is 0.652. The SMILES string of the molecule is CCCCN(C(=O)C1CCN(c2ncnc3sc(C)c(C)c23)CC1)C1CCS(=O)(=O)C1. The zero-order chi connectivity index (χ0) is 22.2. The van der Waals surface area contributed by atoms with Crippen molar-refractivity contribution in [3.8, 4) is 0 Å². The molecule has 0 saturated carbocycles. The van der Waals surface area contributed by atoms with E-state index in [1.165, 1.54) is 10.4 Å². The number of aryl methyl sites for hydroxylation is 2. The number of carbonyl (C=O) groups is 1. The lowest BCUT2D eigenvalue weighted by Crippen LogP contribution is -2.47. The molecule has 9 heteroatoms. The van der Waals surface area contributed by atoms with Crippen molar-refractivity contribution in [1.29, 1.82) is 0 Å². The maximum absolute atomic E-state index is 13.4. The number of hydrogen-bond donors (Lipinski definition) is 0. The zero-order valence-electron chi connectivity index (χ0n) is 18.6. The molecule has 170 valence electrons. The van der Waals surface area contributed by atoms with Crippen LogP contribution in [0.3, 0.4) is 0 Å². The van der Waals surface area contributed by atoms with Crippen LogP contribution >= 0.6 is 11.3 Å². The van der Waals surface area contributed by atoms with Crippen LogP contribution in [0.4, 0.5) is 5.82 Å². The van der Waals surface area contributed by atoms with Crippen molar-refractivity contribution >= 4 is 43.1 Å². The van der Waals surface area contributed by atoms with Crippen molar-refractivity contribution in [2.24, 2.45) is 5.92 Å². The van der Waals surface area contributed by atoms with E-state index < -0.39 is 9.84 Å². The predicted octanol–water partition coefficient (Wildman–Crippen LogP) is 3.34. The first-order valence-corrected chi connectivity index (χ1v) is 13.9. The third-order valence-corrected chi connectivity index (χ3v) is 9.64. The lowest BCUT2D eigenvalue weighted by atomic mass is 9.94. The van der Waals surface area contributed by atoms with Crippen LogP contribution in [0.15, 0.2) is 6.33 Å². The van der Waals surface area contributed by atoms with Gasteiger partial charge in [-0.15, -0.1) is 11.3 Å². The second-order valence-corrected chi connectivity index (χ2v) is 12.3. The van der Waals surface area contributed by atoms with Crippen LogP contribution in [0, 0.1) is 19.8 Å². The number of thiophene rings is 1. The van der Waals surface area contributed by atoms with Gasteiger partial charge >= 0.3 is 0 Å². The summed E-state index contributed by atoms with van der Waals surface area (Å²) in [6, 6.07) is -0.153. The molecule has 1 atom stereocenters. The van der Waals surface area contributed by atoms with Crippen LogP contribution in [-0.2, 0) is 14.6 Å². The number of carbonyl (C=O) groups excluding carboxylic acids is 1. The molecule has 31 heavy (non-hydrogen) atoms. The van der Waals surface area contributed by atoms with Crippen LogP contribution in [0.1, 0.15) is 49.5 Å². The van der Waals surface area contributed by atoms with Gasteiger partial charge < -0.3 is 9.80 Å². The van der Waals surface area contributed by atoms with Gasteiger partial charge in [0.05, 0.1) is 16.9 Å². The Kier molecular flexibility index (Phi) is 6.53. The average Bonchev–Trinajstić information content (AvgIpc) is 3.26. The first-order valence-electron chi connectivity index (χ1n) is 11.3. The molecule has 2 saturated heterocycles. The summed E-state index contributed by atoms with van der Waals surface area (Å²) in [7, 11) is -3.01. The Labute approximate surface area is 188 Å². The van der Waals surface area contributed by atoms with Gasteiger partial charge in [-0.1, -0.05) is 13.3 Å². The number of aromatic nitrogens is 2. The summed E-state index contributed by atoms with van der Waals surface area (Å²) in [5.41, 5.74) is 1.24. The third kappa shape index (κ3) is 4.58. The van der Waals surface area contributed by atoms with Gasteiger partial charge in [-0.05, 0) is 45.1 Å². The van der Waals surface area contributed by atoms with E-state index in [9.17, 15) is 13.2 Å². The highest BCUT2D eigenvalue weighted by Crippen LogP contribution is 2.36. The molecule has 2 aliphatic rings. The average molecular weight is 465 g/mol. The maximum atomic E-state index is 13.4. The van der Waals surface area contributed by atoms with E-state index >= 15 is 0 Å². The van der Waals surface area contributed by atoms with Gasteiger partial charge in [0.15, 0.2) is 9.84 Å². The van der Waals surface area contributed by atoms with E-state index in [1.807, 2.05) is 4.90 Å². The molecule has 0 bridgehead atoms. The first-order chi connectivity index (χ1) is 14.8. The number of amides is 1. The molecule has 0 aliphatic carbocycles. The Balaban J connectivity index is 1.47. The summed E-state index contributed by atoms with van der Waals surface area (Å²) < 4.78 is 24.0. The first kappa shape index (κ1) is 22.5. The molecule has 0 radical (unpaired) electrons. The van der Waals surface area contributed by atoms with Gasteiger partial charge in [0.25, 0.3) is 0 Å². The van der Waals surface area contributed by atoms with Crippen molar-refractivity contribution in [2.75, 3.05) is 36.0 Å². The smallest absolute Gasteiger partial charge is 0.226 e. The number of nitrogens with zero attached hydrogens (tertiary/aromatic N) is 4. The minimum atomic E-state index is -3.01. The number of rotatable bonds is 6. The molecule has 4 heterocycles. The number of piperidine rings is 1. The molecule has 7 nitrogen and oxygen atoms in total. The van der Waals surface area contributed by atoms with Gasteiger partial charge in [-0.3, -0.25) is 4.79 Å². The topological polar surface area (TPSA) is 83.5 Å². The monoisotopic (exact) mass is 464 g/mol. The minimum Gasteiger partial charge on any atom is -0.356 e. The summed E-state index contributed by atoms with van der Waals surface area (Å²) in [5, 5.41) is 1.13. The summed E-state index contributed by atoms with van der Waals surface area (Å²) >= 11 is 1.70. The fourth-order valence-electron chi connectivity index (χ4n) is 4.80. The second kappa shape index (κ2) is 9.02. The van der Waals surface area contributed by atoms with Crippen molar-refractivity contribution in [1.82, 2.24) is 14.9 Å². The molecule has 2 aromatic heterocycles. The van der Waals surface area contributed by atoms with Crippen LogP contribution in [0.5, 0.6) is 0 Å². The Morgan fingerprint density at radius 2 is 1.97 bits per heavy atom. The Morgan fingerprint density at radius 1 is 1.23 bits per heavy atom. The van der Waals surface area contributed by atoms with E-state index in [4.69, 9.17) is 0 Å². The number of unbranched alkanes of at least 4 members (excludes halogenated alkanes) is 1. The Hall–Kier alpha value is -1.74. The Bertz CT molecular complexity index is 1060. The van der Waals surface area contributed by atoms with E-state index in [1.54, 1.807) is 17.7 Å². The van der Waals surface area contributed by atoms with E-state index in [0.29, 0.717) is 13.0 Å². The molecule has 2 fully saturated rings. The number of fused-ring (bicyclic) bond motifs is 1. The summed E-state index contributed by atoms with van der Waals surface area (Å²) in [5.74, 6) is 1.40. The highest BCUT2D eigenvalue weighted by molar-refractivity contribution is 7.91. The van der Waals surface area contributed by atoms with Crippen LogP contribution in [0.2, 0.25) is 0 Å². The fraction of sp³-hybridized carbons (Fsp3) is 0.682.